The molecule has 0 aliphatic heterocycles. The number of hydrazine groups is 1. The van der Waals surface area contributed by atoms with Crippen LogP contribution in [-0.4, -0.2) is 17.7 Å². The quantitative estimate of drug-likeness (QED) is 0.441. The van der Waals surface area contributed by atoms with E-state index in [0.29, 0.717) is 12.1 Å². The second-order valence-corrected chi connectivity index (χ2v) is 5.68. The number of hydrogen-bond donors (Lipinski definition) is 3. The summed E-state index contributed by atoms with van der Waals surface area (Å²) in [6.07, 6.45) is 6.21. The first-order valence-corrected chi connectivity index (χ1v) is 7.61. The summed E-state index contributed by atoms with van der Waals surface area (Å²) < 4.78 is 0. The Hall–Kier alpha value is -2.63. The van der Waals surface area contributed by atoms with Gasteiger partial charge in [-0.15, -0.1) is 0 Å². The van der Waals surface area contributed by atoms with Gasteiger partial charge in [-0.25, -0.2) is 0 Å². The number of nitrogens with one attached hydrogen (secondary N) is 3. The van der Waals surface area contributed by atoms with Crippen molar-refractivity contribution < 1.29 is 14.4 Å². The highest BCUT2D eigenvalue weighted by atomic mass is 16.2. The molecule has 0 heterocycles. The molecule has 0 radical (unpaired) electrons. The third-order valence-corrected chi connectivity index (χ3v) is 3.91. The van der Waals surface area contributed by atoms with Gasteiger partial charge in [0.25, 0.3) is 0 Å². The van der Waals surface area contributed by atoms with Crippen LogP contribution in [0.15, 0.2) is 30.4 Å². The van der Waals surface area contributed by atoms with Crippen LogP contribution in [0.25, 0.3) is 0 Å². The van der Waals surface area contributed by atoms with Crippen LogP contribution in [0.2, 0.25) is 0 Å². The molecule has 0 aromatic heterocycles. The molecule has 0 saturated heterocycles. The lowest BCUT2D eigenvalue weighted by molar-refractivity contribution is -0.138. The number of carbonyl (C=O) groups excluding carboxylic acids is 3. The highest BCUT2D eigenvalue weighted by Crippen LogP contribution is 2.17. The monoisotopic (exact) mass is 315 g/mol. The van der Waals surface area contributed by atoms with Crippen LogP contribution in [-0.2, 0) is 14.4 Å². The van der Waals surface area contributed by atoms with Gasteiger partial charge in [-0.2, -0.15) is 0 Å². The van der Waals surface area contributed by atoms with Gasteiger partial charge in [0.1, 0.15) is 0 Å². The molecule has 122 valence electrons. The van der Waals surface area contributed by atoms with E-state index in [0.717, 1.165) is 24.0 Å². The van der Waals surface area contributed by atoms with Gasteiger partial charge >= 0.3 is 11.8 Å². The maximum Gasteiger partial charge on any atom is 0.328 e. The molecule has 6 nitrogen and oxygen atoms in total. The van der Waals surface area contributed by atoms with E-state index in [1.807, 2.05) is 32.1 Å². The zero-order chi connectivity index (χ0) is 16.8. The Balaban J connectivity index is 1.82. The van der Waals surface area contributed by atoms with E-state index in [1.165, 1.54) is 0 Å². The molecule has 6 heteroatoms. The normalized spacial score (nSPS) is 16.5. The van der Waals surface area contributed by atoms with Crippen molar-refractivity contribution in [3.8, 4) is 0 Å². The maximum absolute atomic E-state index is 11.9. The summed E-state index contributed by atoms with van der Waals surface area (Å²) >= 11 is 0. The average Bonchev–Trinajstić information content (AvgIpc) is 2.56. The van der Waals surface area contributed by atoms with Crippen LogP contribution in [0.1, 0.15) is 30.4 Å². The van der Waals surface area contributed by atoms with Gasteiger partial charge in [0.15, 0.2) is 0 Å². The lowest BCUT2D eigenvalue weighted by Gasteiger charge is -2.17. The number of hydrogen-bond acceptors (Lipinski definition) is 3. The molecule has 0 bridgehead atoms. The molecule has 0 unspecified atom stereocenters. The third-order valence-electron chi connectivity index (χ3n) is 3.91. The number of benzene rings is 1. The minimum atomic E-state index is -0.900. The summed E-state index contributed by atoms with van der Waals surface area (Å²) in [4.78, 5) is 35.4. The van der Waals surface area contributed by atoms with Crippen LogP contribution in [0.4, 0.5) is 5.69 Å². The third kappa shape index (κ3) is 4.67. The average molecular weight is 315 g/mol. The van der Waals surface area contributed by atoms with Gasteiger partial charge in [0, 0.05) is 11.6 Å². The van der Waals surface area contributed by atoms with Crippen molar-refractivity contribution in [1.82, 2.24) is 10.9 Å². The second-order valence-electron chi connectivity index (χ2n) is 5.68. The smallest absolute Gasteiger partial charge is 0.318 e. The van der Waals surface area contributed by atoms with E-state index < -0.39 is 11.8 Å². The van der Waals surface area contributed by atoms with Crippen molar-refractivity contribution >= 4 is 23.4 Å². The molecule has 1 aliphatic carbocycles. The Labute approximate surface area is 135 Å². The van der Waals surface area contributed by atoms with E-state index >= 15 is 0 Å². The fraction of sp³-hybridized carbons (Fsp3) is 0.353. The number of aryl methyl sites for hydroxylation is 2. The van der Waals surface area contributed by atoms with Crippen LogP contribution >= 0.6 is 0 Å². The Morgan fingerprint density at radius 2 is 1.78 bits per heavy atom. The molecule has 2 rings (SSSR count). The predicted octanol–water partition coefficient (Wildman–Crippen LogP) is 1.75. The first kappa shape index (κ1) is 16.7. The fourth-order valence-electron chi connectivity index (χ4n) is 2.32. The van der Waals surface area contributed by atoms with E-state index in [4.69, 9.17) is 0 Å². The molecule has 1 aromatic carbocycles. The molecular weight excluding hydrogens is 294 g/mol. The minimum absolute atomic E-state index is 0.164. The van der Waals surface area contributed by atoms with Crippen LogP contribution in [0, 0.1) is 19.8 Å². The van der Waals surface area contributed by atoms with Gasteiger partial charge in [0.05, 0.1) is 0 Å². The lowest BCUT2D eigenvalue weighted by atomic mass is 9.94. The molecule has 23 heavy (non-hydrogen) atoms. The topological polar surface area (TPSA) is 87.3 Å². The van der Waals surface area contributed by atoms with Crippen molar-refractivity contribution in [3.05, 3.63) is 41.5 Å². The molecule has 1 atom stereocenters. The van der Waals surface area contributed by atoms with E-state index in [1.54, 1.807) is 12.1 Å². The summed E-state index contributed by atoms with van der Waals surface area (Å²) in [5.41, 5.74) is 7.11. The SMILES string of the molecule is Cc1ccc(NC(=O)C(=O)NNC(=O)[C@H]2CC=CCC2)cc1C. The Kier molecular flexibility index (Phi) is 5.51. The number of rotatable bonds is 2. The van der Waals surface area contributed by atoms with Crippen molar-refractivity contribution in [3.63, 3.8) is 0 Å². The summed E-state index contributed by atoms with van der Waals surface area (Å²) in [5.74, 6) is -2.16. The molecule has 3 amide bonds. The van der Waals surface area contributed by atoms with E-state index in [9.17, 15) is 14.4 Å². The first-order valence-electron chi connectivity index (χ1n) is 7.61. The molecular formula is C17H21N3O3. The maximum atomic E-state index is 11.9. The Morgan fingerprint density at radius 3 is 2.43 bits per heavy atom. The van der Waals surface area contributed by atoms with Crippen molar-refractivity contribution in [2.24, 2.45) is 5.92 Å². The largest absolute Gasteiger partial charge is 0.328 e. The van der Waals surface area contributed by atoms with Crippen LogP contribution < -0.4 is 16.2 Å². The number of anilines is 1. The van der Waals surface area contributed by atoms with Crippen LogP contribution in [0.5, 0.6) is 0 Å². The predicted molar refractivity (Wildman–Crippen MR) is 87.3 cm³/mol. The van der Waals surface area contributed by atoms with Crippen molar-refractivity contribution in [2.75, 3.05) is 5.32 Å². The van der Waals surface area contributed by atoms with Gasteiger partial charge in [-0.3, -0.25) is 25.2 Å². The van der Waals surface area contributed by atoms with Gasteiger partial charge in [-0.05, 0) is 56.4 Å². The highest BCUT2D eigenvalue weighted by molar-refractivity contribution is 6.39. The summed E-state index contributed by atoms with van der Waals surface area (Å²) in [6.45, 7) is 3.88. The number of carbonyl (C=O) groups is 3. The van der Waals surface area contributed by atoms with Crippen LogP contribution in [0.3, 0.4) is 0 Å². The lowest BCUT2D eigenvalue weighted by Crippen LogP contribution is -2.48. The highest BCUT2D eigenvalue weighted by Gasteiger charge is 2.20. The number of allylic oxidation sites excluding steroid dienone is 2. The van der Waals surface area contributed by atoms with E-state index in [2.05, 4.69) is 16.2 Å². The molecule has 0 fully saturated rings. The van der Waals surface area contributed by atoms with E-state index in [-0.39, 0.29) is 11.8 Å². The Morgan fingerprint density at radius 1 is 1.00 bits per heavy atom. The zero-order valence-corrected chi connectivity index (χ0v) is 13.3. The second kappa shape index (κ2) is 7.58. The van der Waals surface area contributed by atoms with Gasteiger partial charge in [0.2, 0.25) is 5.91 Å². The molecule has 1 aromatic rings. The molecule has 3 N–H and O–H groups in total. The first-order chi connectivity index (χ1) is 11.0. The summed E-state index contributed by atoms with van der Waals surface area (Å²) in [6, 6.07) is 5.37. The number of amides is 3. The molecule has 0 spiro atoms. The fourth-order valence-corrected chi connectivity index (χ4v) is 2.32. The minimum Gasteiger partial charge on any atom is -0.318 e. The molecule has 1 aliphatic rings. The van der Waals surface area contributed by atoms with Gasteiger partial charge in [-0.1, -0.05) is 18.2 Å². The summed E-state index contributed by atoms with van der Waals surface area (Å²) in [5, 5.41) is 2.50. The Bertz CT molecular complexity index is 652. The van der Waals surface area contributed by atoms with Gasteiger partial charge < -0.3 is 5.32 Å². The summed E-state index contributed by atoms with van der Waals surface area (Å²) in [7, 11) is 0. The molecule has 0 saturated carbocycles. The van der Waals surface area contributed by atoms with Crippen molar-refractivity contribution in [2.45, 2.75) is 33.1 Å². The zero-order valence-electron chi connectivity index (χ0n) is 13.3. The standard InChI is InChI=1S/C17H21N3O3/c1-11-8-9-14(10-12(11)2)18-16(22)17(23)20-19-15(21)13-6-4-3-5-7-13/h3-4,8-10,13H,5-7H2,1-2H3,(H,18,22)(H,19,21)(H,20,23)/t13-/m0/s1. The van der Waals surface area contributed by atoms with Crippen molar-refractivity contribution in [1.29, 1.82) is 0 Å².